The van der Waals surface area contributed by atoms with Crippen molar-refractivity contribution in [2.45, 2.75) is 4.68 Å². The van der Waals surface area contributed by atoms with Gasteiger partial charge in [-0.15, -0.1) is 0 Å². The molecule has 6 heavy (non-hydrogen) atoms. The Morgan fingerprint density at radius 3 is 2.17 bits per heavy atom. The predicted octanol–water partition coefficient (Wildman–Crippen LogP) is 1.85. The summed E-state index contributed by atoms with van der Waals surface area (Å²) in [6.45, 7) is 0. The number of hydrogen-bond acceptors (Lipinski definition) is 0. The predicted molar refractivity (Wildman–Crippen MR) is 16.2 cm³/mol. The minimum atomic E-state index is -1.50. The van der Waals surface area contributed by atoms with Crippen LogP contribution in [0.25, 0.3) is 0 Å². The van der Waals surface area contributed by atoms with Crippen molar-refractivity contribution < 1.29 is 31.7 Å². The van der Waals surface area contributed by atoms with Crippen molar-refractivity contribution in [3.63, 3.8) is 0 Å². The van der Waals surface area contributed by atoms with Gasteiger partial charge in [-0.3, -0.25) is 0 Å². The summed E-state index contributed by atoms with van der Waals surface area (Å²) in [4.78, 5) is 0. The van der Waals surface area contributed by atoms with Gasteiger partial charge >= 0.3 is 46.3 Å². The van der Waals surface area contributed by atoms with E-state index in [1.54, 1.807) is 0 Å². The third-order valence-electron chi connectivity index (χ3n) is 0.253. The van der Waals surface area contributed by atoms with E-state index >= 15 is 0 Å². The van der Waals surface area contributed by atoms with Crippen LogP contribution >= 0.6 is 0 Å². The first-order valence-corrected chi connectivity index (χ1v) is 7.12. The first-order valence-electron chi connectivity index (χ1n) is 1.46. The molecule has 0 amide bonds. The van der Waals surface area contributed by atoms with Crippen LogP contribution in [-0.4, -0.2) is 0 Å². The number of rotatable bonds is 1. The molecular weight excluding hydrogens is 253 g/mol. The molecule has 0 saturated heterocycles. The fourth-order valence-electron chi connectivity index (χ4n) is 0.109. The Morgan fingerprint density at radius 1 is 1.67 bits per heavy atom. The number of halogens is 2. The van der Waals surface area contributed by atoms with E-state index in [0.29, 0.717) is 0 Å². The third-order valence-corrected chi connectivity index (χ3v) is 2.07. The molecule has 0 bridgehead atoms. The minimum absolute atomic E-state index is 0.931. The van der Waals surface area contributed by atoms with Gasteiger partial charge in [0.25, 0.3) is 0 Å². The molecule has 0 atom stereocenters. The Balaban J connectivity index is 3.14. The van der Waals surface area contributed by atoms with E-state index in [2.05, 4.69) is 0 Å². The van der Waals surface area contributed by atoms with Crippen LogP contribution in [0.15, 0.2) is 9.91 Å². The first kappa shape index (κ1) is 6.47. The molecule has 0 aromatic rings. The molecule has 0 aliphatic rings. The average molecular weight is 257 g/mol. The van der Waals surface area contributed by atoms with Crippen LogP contribution in [0.4, 0.5) is 8.78 Å². The molecule has 0 aromatic heterocycles. The molecule has 34 valence electrons. The Morgan fingerprint density at radius 2 is 2.17 bits per heavy atom. The summed E-state index contributed by atoms with van der Waals surface area (Å²) in [5.41, 5.74) is 0. The zero-order valence-corrected chi connectivity index (χ0v) is 6.93. The van der Waals surface area contributed by atoms with Crippen molar-refractivity contribution in [3.8, 4) is 0 Å². The van der Waals surface area contributed by atoms with Crippen molar-refractivity contribution >= 4 is 0 Å². The molecule has 0 rings (SSSR count). The summed E-state index contributed by atoms with van der Waals surface area (Å²) in [5, 5.41) is 0. The van der Waals surface area contributed by atoms with Crippen LogP contribution in [0.1, 0.15) is 0 Å². The molecule has 0 aliphatic carbocycles. The quantitative estimate of drug-likeness (QED) is 0.628. The summed E-state index contributed by atoms with van der Waals surface area (Å²) in [6.07, 6.45) is -1.50. The molecule has 0 fully saturated rings. The van der Waals surface area contributed by atoms with Crippen molar-refractivity contribution in [3.05, 3.63) is 9.91 Å². The summed E-state index contributed by atoms with van der Waals surface area (Å²) >= 11 is -0.931. The van der Waals surface area contributed by atoms with Gasteiger partial charge in [0.2, 0.25) is 0 Å². The van der Waals surface area contributed by atoms with Crippen molar-refractivity contribution in [2.75, 3.05) is 0 Å². The van der Waals surface area contributed by atoms with Crippen LogP contribution < -0.4 is 0 Å². The van der Waals surface area contributed by atoms with Gasteiger partial charge in [0.1, 0.15) is 0 Å². The maximum atomic E-state index is 10.9. The second-order valence-electron chi connectivity index (χ2n) is 0.723. The van der Waals surface area contributed by atoms with Gasteiger partial charge in [-0.1, -0.05) is 0 Å². The fraction of sp³-hybridized carbons (Fsp3) is 0.333. The Bertz CT molecular complexity index is 55.8. The van der Waals surface area contributed by atoms with E-state index in [0.717, 1.165) is 3.83 Å². The summed E-state index contributed by atoms with van der Waals surface area (Å²) in [5.74, 6) is 0. The molecule has 0 aromatic carbocycles. The molecule has 0 aliphatic heterocycles. The van der Waals surface area contributed by atoms with Crippen LogP contribution in [0.3, 0.4) is 0 Å². The van der Waals surface area contributed by atoms with E-state index in [-0.39, 0.29) is 0 Å². The van der Waals surface area contributed by atoms with Gasteiger partial charge in [-0.25, -0.2) is 0 Å². The van der Waals surface area contributed by atoms with Crippen molar-refractivity contribution in [2.24, 2.45) is 0 Å². The topological polar surface area (TPSA) is 0 Å². The fourth-order valence-corrected chi connectivity index (χ4v) is 0.893. The van der Waals surface area contributed by atoms with Gasteiger partial charge in [-0.05, 0) is 0 Å². The molecule has 0 saturated carbocycles. The van der Waals surface area contributed by atoms with Gasteiger partial charge < -0.3 is 0 Å². The summed E-state index contributed by atoms with van der Waals surface area (Å²) < 4.78 is 24.8. The molecule has 0 N–H and O–H groups in total. The van der Waals surface area contributed by atoms with Gasteiger partial charge in [0.15, 0.2) is 0 Å². The van der Waals surface area contributed by atoms with Crippen molar-refractivity contribution in [1.82, 2.24) is 0 Å². The SMILES string of the molecule is [CH3][Hf][CH]=C(F)F. The molecule has 0 unspecified atom stereocenters. The Hall–Kier alpha value is 0.470. The van der Waals surface area contributed by atoms with Gasteiger partial charge in [0, 0.05) is 0 Å². The molecule has 0 heterocycles. The standard InChI is InChI=1S/C2HF2.CH3.Hf/c1-2(3)4;;/h1H;1H3;. The maximum absolute atomic E-state index is 10.9. The van der Waals surface area contributed by atoms with Crippen LogP contribution in [-0.2, 0) is 22.9 Å². The first-order chi connectivity index (χ1) is 2.77. The third kappa shape index (κ3) is 4.47. The van der Waals surface area contributed by atoms with E-state index in [1.165, 1.54) is 0 Å². The zero-order chi connectivity index (χ0) is 4.99. The Labute approximate surface area is 46.6 Å². The van der Waals surface area contributed by atoms with E-state index in [4.69, 9.17) is 0 Å². The Kier molecular flexibility index (Phi) is 3.94. The van der Waals surface area contributed by atoms with Crippen LogP contribution in [0.2, 0.25) is 4.68 Å². The molecular formula is C3H4F2Hf. The van der Waals surface area contributed by atoms with E-state index < -0.39 is 29.0 Å². The average Bonchev–Trinajstić information content (AvgIpc) is 1.35. The molecule has 0 spiro atoms. The van der Waals surface area contributed by atoms with Crippen molar-refractivity contribution in [1.29, 1.82) is 0 Å². The summed E-state index contributed by atoms with van der Waals surface area (Å²) in [7, 11) is 0. The second-order valence-corrected chi connectivity index (χ2v) is 3.83. The molecule has 0 radical (unpaired) electrons. The molecule has 0 nitrogen and oxygen atoms in total. The van der Waals surface area contributed by atoms with Gasteiger partial charge in [0.05, 0.1) is 0 Å². The second kappa shape index (κ2) is 3.65. The zero-order valence-electron chi connectivity index (χ0n) is 3.33. The monoisotopic (exact) mass is 258 g/mol. The van der Waals surface area contributed by atoms with Crippen LogP contribution in [0, 0.1) is 0 Å². The normalized spacial score (nSPS) is 7.17. The van der Waals surface area contributed by atoms with Crippen LogP contribution in [0.5, 0.6) is 0 Å². The molecule has 3 heteroatoms. The van der Waals surface area contributed by atoms with Gasteiger partial charge in [-0.2, -0.15) is 0 Å². The summed E-state index contributed by atoms with van der Waals surface area (Å²) in [6, 6.07) is 0. The number of hydrogen-bond donors (Lipinski definition) is 0. The van der Waals surface area contributed by atoms with E-state index in [9.17, 15) is 8.78 Å². The van der Waals surface area contributed by atoms with E-state index in [1.807, 2.05) is 4.68 Å².